The van der Waals surface area contributed by atoms with Crippen molar-refractivity contribution in [2.75, 3.05) is 6.54 Å². The first-order valence-electron chi connectivity index (χ1n) is 6.17. The Labute approximate surface area is 110 Å². The number of hydrogen-bond acceptors (Lipinski definition) is 2. The number of rotatable bonds is 3. The number of pyridine rings is 1. The molecule has 0 amide bonds. The molecule has 2 aromatic heterocycles. The molecule has 0 bridgehead atoms. The van der Waals surface area contributed by atoms with Gasteiger partial charge in [0.2, 0.25) is 0 Å². The highest BCUT2D eigenvalue weighted by molar-refractivity contribution is 5.80. The monoisotopic (exact) mass is 255 g/mol. The molecule has 0 radical (unpaired) electrons. The van der Waals surface area contributed by atoms with Crippen LogP contribution in [-0.2, 0) is 0 Å². The summed E-state index contributed by atoms with van der Waals surface area (Å²) >= 11 is 0. The molecule has 1 atom stereocenters. The second-order valence-corrected chi connectivity index (χ2v) is 4.49. The van der Waals surface area contributed by atoms with Crippen LogP contribution in [0.1, 0.15) is 17.0 Å². The number of nitrogens with one attached hydrogen (secondary N) is 1. The fourth-order valence-electron chi connectivity index (χ4n) is 2.43. The largest absolute Gasteiger partial charge is 0.346 e. The Kier molecular flexibility index (Phi) is 3.01. The average molecular weight is 255 g/mol. The third-order valence-electron chi connectivity index (χ3n) is 3.35. The molecule has 1 aromatic carbocycles. The minimum atomic E-state index is -0.242. The van der Waals surface area contributed by atoms with Crippen molar-refractivity contribution in [2.24, 2.45) is 5.73 Å². The van der Waals surface area contributed by atoms with Crippen molar-refractivity contribution in [3.05, 3.63) is 65.7 Å². The SMILES string of the molecule is NCC(c1cccc(F)c1)c1c[nH]c2ncccc12. The molecule has 0 fully saturated rings. The van der Waals surface area contributed by atoms with Gasteiger partial charge in [0, 0.05) is 30.2 Å². The number of H-pyrrole nitrogens is 1. The maximum atomic E-state index is 13.4. The molecule has 3 nitrogen and oxygen atoms in total. The molecule has 0 aliphatic rings. The van der Waals surface area contributed by atoms with Crippen molar-refractivity contribution in [1.29, 1.82) is 0 Å². The Morgan fingerprint density at radius 2 is 2.16 bits per heavy atom. The number of fused-ring (bicyclic) bond motifs is 1. The van der Waals surface area contributed by atoms with Gasteiger partial charge in [-0.05, 0) is 35.4 Å². The van der Waals surface area contributed by atoms with E-state index in [-0.39, 0.29) is 11.7 Å². The van der Waals surface area contributed by atoms with E-state index in [0.717, 1.165) is 22.2 Å². The molecule has 0 saturated heterocycles. The zero-order valence-corrected chi connectivity index (χ0v) is 10.3. The van der Waals surface area contributed by atoms with Gasteiger partial charge in [-0.15, -0.1) is 0 Å². The van der Waals surface area contributed by atoms with E-state index in [1.807, 2.05) is 24.4 Å². The van der Waals surface area contributed by atoms with Gasteiger partial charge in [-0.2, -0.15) is 0 Å². The lowest BCUT2D eigenvalue weighted by atomic mass is 9.91. The van der Waals surface area contributed by atoms with E-state index in [2.05, 4.69) is 9.97 Å². The van der Waals surface area contributed by atoms with Crippen LogP contribution in [0.3, 0.4) is 0 Å². The Morgan fingerprint density at radius 3 is 2.95 bits per heavy atom. The summed E-state index contributed by atoms with van der Waals surface area (Å²) in [7, 11) is 0. The molecule has 3 N–H and O–H groups in total. The number of halogens is 1. The zero-order chi connectivity index (χ0) is 13.2. The van der Waals surface area contributed by atoms with Gasteiger partial charge in [0.25, 0.3) is 0 Å². The van der Waals surface area contributed by atoms with E-state index in [0.29, 0.717) is 6.54 Å². The molecule has 3 rings (SSSR count). The van der Waals surface area contributed by atoms with Gasteiger partial charge >= 0.3 is 0 Å². The Morgan fingerprint density at radius 1 is 1.26 bits per heavy atom. The van der Waals surface area contributed by atoms with E-state index < -0.39 is 0 Å². The second-order valence-electron chi connectivity index (χ2n) is 4.49. The second kappa shape index (κ2) is 4.82. The lowest BCUT2D eigenvalue weighted by molar-refractivity contribution is 0.623. The molecule has 19 heavy (non-hydrogen) atoms. The predicted octanol–water partition coefficient (Wildman–Crippen LogP) is 2.79. The van der Waals surface area contributed by atoms with E-state index in [1.54, 1.807) is 12.3 Å². The molecular weight excluding hydrogens is 241 g/mol. The van der Waals surface area contributed by atoms with Crippen molar-refractivity contribution >= 4 is 11.0 Å². The topological polar surface area (TPSA) is 54.7 Å². The standard InChI is InChI=1S/C15H14FN3/c16-11-4-1-3-10(7-11)13(8-17)14-9-19-15-12(14)5-2-6-18-15/h1-7,9,13H,8,17H2,(H,18,19). The highest BCUT2D eigenvalue weighted by Crippen LogP contribution is 2.29. The summed E-state index contributed by atoms with van der Waals surface area (Å²) in [5.41, 5.74) is 8.64. The van der Waals surface area contributed by atoms with Crippen molar-refractivity contribution in [3.8, 4) is 0 Å². The van der Waals surface area contributed by atoms with Crippen molar-refractivity contribution in [1.82, 2.24) is 9.97 Å². The van der Waals surface area contributed by atoms with Crippen LogP contribution in [0.15, 0.2) is 48.8 Å². The van der Waals surface area contributed by atoms with Gasteiger partial charge in [-0.3, -0.25) is 0 Å². The first-order chi connectivity index (χ1) is 9.29. The minimum Gasteiger partial charge on any atom is -0.346 e. The van der Waals surface area contributed by atoms with Crippen molar-refractivity contribution in [3.63, 3.8) is 0 Å². The third-order valence-corrected chi connectivity index (χ3v) is 3.35. The molecule has 96 valence electrons. The Bertz CT molecular complexity index is 705. The lowest BCUT2D eigenvalue weighted by Crippen LogP contribution is -2.13. The van der Waals surface area contributed by atoms with Gasteiger partial charge in [0.15, 0.2) is 0 Å². The van der Waals surface area contributed by atoms with Gasteiger partial charge < -0.3 is 10.7 Å². The number of nitrogens with two attached hydrogens (primary N) is 1. The number of aromatic amines is 1. The van der Waals surface area contributed by atoms with Crippen LogP contribution in [0.4, 0.5) is 4.39 Å². The first-order valence-corrected chi connectivity index (χ1v) is 6.17. The maximum absolute atomic E-state index is 13.4. The third kappa shape index (κ3) is 2.11. The van der Waals surface area contributed by atoms with Gasteiger partial charge in [-0.25, -0.2) is 9.37 Å². The van der Waals surface area contributed by atoms with E-state index in [1.165, 1.54) is 12.1 Å². The Balaban J connectivity index is 2.12. The van der Waals surface area contributed by atoms with E-state index in [9.17, 15) is 4.39 Å². The molecule has 2 heterocycles. The van der Waals surface area contributed by atoms with Crippen LogP contribution in [0.5, 0.6) is 0 Å². The molecule has 4 heteroatoms. The quantitative estimate of drug-likeness (QED) is 0.756. The normalized spacial score (nSPS) is 12.7. The summed E-state index contributed by atoms with van der Waals surface area (Å²) in [6.07, 6.45) is 3.64. The summed E-state index contributed by atoms with van der Waals surface area (Å²) in [5.74, 6) is -0.275. The summed E-state index contributed by atoms with van der Waals surface area (Å²) in [5, 5.41) is 1.03. The van der Waals surface area contributed by atoms with Gasteiger partial charge in [-0.1, -0.05) is 12.1 Å². The van der Waals surface area contributed by atoms with Crippen molar-refractivity contribution in [2.45, 2.75) is 5.92 Å². The summed E-state index contributed by atoms with van der Waals surface area (Å²) in [4.78, 5) is 7.39. The van der Waals surface area contributed by atoms with Crippen LogP contribution in [-0.4, -0.2) is 16.5 Å². The molecule has 0 aliphatic heterocycles. The van der Waals surface area contributed by atoms with Crippen LogP contribution in [0.2, 0.25) is 0 Å². The highest BCUT2D eigenvalue weighted by Gasteiger charge is 2.17. The highest BCUT2D eigenvalue weighted by atomic mass is 19.1. The Hall–Kier alpha value is -2.20. The van der Waals surface area contributed by atoms with Crippen LogP contribution >= 0.6 is 0 Å². The first kappa shape index (κ1) is 11.9. The number of benzene rings is 1. The average Bonchev–Trinajstić information content (AvgIpc) is 2.84. The number of hydrogen-bond donors (Lipinski definition) is 2. The molecule has 1 unspecified atom stereocenters. The summed E-state index contributed by atoms with van der Waals surface area (Å²) in [6.45, 7) is 0.422. The van der Waals surface area contributed by atoms with Gasteiger partial charge in [0.05, 0.1) is 0 Å². The van der Waals surface area contributed by atoms with Crippen LogP contribution in [0, 0.1) is 5.82 Å². The lowest BCUT2D eigenvalue weighted by Gasteiger charge is -2.14. The van der Waals surface area contributed by atoms with Gasteiger partial charge in [0.1, 0.15) is 11.5 Å². The number of aromatic nitrogens is 2. The van der Waals surface area contributed by atoms with Crippen molar-refractivity contribution < 1.29 is 4.39 Å². The van der Waals surface area contributed by atoms with Crippen LogP contribution < -0.4 is 5.73 Å². The molecule has 0 aliphatic carbocycles. The van der Waals surface area contributed by atoms with E-state index >= 15 is 0 Å². The predicted molar refractivity (Wildman–Crippen MR) is 73.4 cm³/mol. The van der Waals surface area contributed by atoms with E-state index in [4.69, 9.17) is 5.73 Å². The number of nitrogens with zero attached hydrogens (tertiary/aromatic N) is 1. The molecular formula is C15H14FN3. The summed E-state index contributed by atoms with van der Waals surface area (Å²) in [6, 6.07) is 10.5. The fraction of sp³-hybridized carbons (Fsp3) is 0.133. The minimum absolute atomic E-state index is 0.0337. The molecule has 0 saturated carbocycles. The summed E-state index contributed by atoms with van der Waals surface area (Å²) < 4.78 is 13.4. The molecule has 0 spiro atoms. The zero-order valence-electron chi connectivity index (χ0n) is 10.3. The molecule has 3 aromatic rings. The smallest absolute Gasteiger partial charge is 0.137 e. The fourth-order valence-corrected chi connectivity index (χ4v) is 2.43. The maximum Gasteiger partial charge on any atom is 0.137 e. The van der Waals surface area contributed by atoms with Crippen LogP contribution in [0.25, 0.3) is 11.0 Å².